The van der Waals surface area contributed by atoms with Crippen LogP contribution in [0.25, 0.3) is 68.0 Å². The molecule has 1 aromatic heterocycles. The normalized spacial score (nSPS) is 15.3. The number of hydrogen-bond donors (Lipinski definition) is 0. The Morgan fingerprint density at radius 1 is 0.347 bits per heavy atom. The molecule has 1 unspecified atom stereocenters. The minimum Gasteiger partial charge on any atom is -0.228 e. The van der Waals surface area contributed by atoms with Gasteiger partial charge in [-0.05, 0) is 79.5 Å². The second-order valence-electron chi connectivity index (χ2n) is 13.0. The largest absolute Gasteiger partial charge is 0.228 e. The van der Waals surface area contributed by atoms with Crippen LogP contribution in [0.2, 0.25) is 0 Å². The predicted molar refractivity (Wildman–Crippen MR) is 202 cm³/mol. The van der Waals surface area contributed by atoms with Crippen molar-refractivity contribution in [2.75, 3.05) is 0 Å². The third-order valence-electron chi connectivity index (χ3n) is 10.3. The lowest BCUT2D eigenvalue weighted by molar-refractivity contribution is 0.767. The summed E-state index contributed by atoms with van der Waals surface area (Å²) in [5, 5.41) is 2.50. The summed E-state index contributed by atoms with van der Waals surface area (Å²) in [6.07, 6.45) is 4.58. The molecule has 1 atom stereocenters. The SMILES string of the molecule is C1=Cc2ccc(-c3cc(-c4ccccc4)nc(-c4ccccc4)n3)cc2C2(c3ccccc31)c1ccccc1-c1cc3ccccc3cc12. The molecule has 228 valence electrons. The molecule has 2 nitrogen and oxygen atoms in total. The zero-order chi connectivity index (χ0) is 32.4. The first kappa shape index (κ1) is 27.7. The highest BCUT2D eigenvalue weighted by atomic mass is 14.9. The fraction of sp³-hybridized carbons (Fsp3) is 0.0213. The van der Waals surface area contributed by atoms with Crippen molar-refractivity contribution in [2.45, 2.75) is 5.41 Å². The number of fused-ring (bicyclic) bond motifs is 10. The molecule has 49 heavy (non-hydrogen) atoms. The highest BCUT2D eigenvalue weighted by molar-refractivity contribution is 5.98. The summed E-state index contributed by atoms with van der Waals surface area (Å²) in [4.78, 5) is 10.3. The number of benzene rings is 7. The summed E-state index contributed by atoms with van der Waals surface area (Å²) in [7, 11) is 0. The van der Waals surface area contributed by atoms with Crippen molar-refractivity contribution < 1.29 is 0 Å². The number of rotatable bonds is 3. The maximum atomic E-state index is 5.23. The quantitative estimate of drug-likeness (QED) is 0.196. The Kier molecular flexibility index (Phi) is 6.13. The van der Waals surface area contributed by atoms with Gasteiger partial charge in [0.15, 0.2) is 5.82 Å². The lowest BCUT2D eigenvalue weighted by Crippen LogP contribution is -2.30. The van der Waals surface area contributed by atoms with E-state index in [1.807, 2.05) is 24.3 Å². The fourth-order valence-corrected chi connectivity index (χ4v) is 8.11. The van der Waals surface area contributed by atoms with Gasteiger partial charge >= 0.3 is 0 Å². The Balaban J connectivity index is 1.29. The van der Waals surface area contributed by atoms with Crippen LogP contribution in [0.3, 0.4) is 0 Å². The lowest BCUT2D eigenvalue weighted by atomic mass is 9.65. The van der Waals surface area contributed by atoms with Crippen LogP contribution in [-0.4, -0.2) is 9.97 Å². The molecule has 0 bridgehead atoms. The molecule has 8 aromatic rings. The van der Waals surface area contributed by atoms with Gasteiger partial charge in [-0.15, -0.1) is 0 Å². The second kappa shape index (κ2) is 10.8. The van der Waals surface area contributed by atoms with E-state index in [4.69, 9.17) is 9.97 Å². The van der Waals surface area contributed by atoms with E-state index in [1.54, 1.807) is 0 Å². The standard InChI is InChI=1S/C47H30N2/c1-3-14-33(15-4-1)44-30-45(49-46(48-44)34-16-5-2-6-17-34)37-26-25-32-24-23-31-13-9-11-21-40(31)47(42(32)29-37)41-22-12-10-20-38(41)39-27-35-18-7-8-19-36(35)28-43(39)47/h1-30H. The van der Waals surface area contributed by atoms with E-state index in [-0.39, 0.29) is 0 Å². The van der Waals surface area contributed by atoms with Crippen LogP contribution < -0.4 is 0 Å². The van der Waals surface area contributed by atoms with Crippen LogP contribution in [-0.2, 0) is 5.41 Å². The molecule has 0 saturated carbocycles. The molecule has 0 fully saturated rings. The lowest BCUT2D eigenvalue weighted by Gasteiger charge is -2.35. The summed E-state index contributed by atoms with van der Waals surface area (Å²) >= 11 is 0. The summed E-state index contributed by atoms with van der Waals surface area (Å²) in [5.74, 6) is 0.717. The van der Waals surface area contributed by atoms with Crippen molar-refractivity contribution in [3.8, 4) is 45.0 Å². The average molecular weight is 623 g/mol. The first-order chi connectivity index (χ1) is 24.3. The zero-order valence-corrected chi connectivity index (χ0v) is 26.7. The molecular weight excluding hydrogens is 593 g/mol. The molecule has 2 heteroatoms. The minimum absolute atomic E-state index is 0.529. The number of aromatic nitrogens is 2. The Morgan fingerprint density at radius 3 is 1.71 bits per heavy atom. The van der Waals surface area contributed by atoms with Crippen LogP contribution in [0.15, 0.2) is 170 Å². The van der Waals surface area contributed by atoms with Gasteiger partial charge in [-0.25, -0.2) is 9.97 Å². The summed E-state index contributed by atoms with van der Waals surface area (Å²) in [5.41, 5.74) is 14.6. The smallest absolute Gasteiger partial charge is 0.160 e. The van der Waals surface area contributed by atoms with Gasteiger partial charge in [-0.2, -0.15) is 0 Å². The van der Waals surface area contributed by atoms with E-state index < -0.39 is 5.41 Å². The summed E-state index contributed by atoms with van der Waals surface area (Å²) in [6, 6.07) is 61.2. The van der Waals surface area contributed by atoms with Gasteiger partial charge in [-0.1, -0.05) is 158 Å². The monoisotopic (exact) mass is 622 g/mol. The molecular formula is C47H30N2. The highest BCUT2D eigenvalue weighted by Gasteiger charge is 2.48. The topological polar surface area (TPSA) is 25.8 Å². The van der Waals surface area contributed by atoms with Gasteiger partial charge in [0.05, 0.1) is 16.8 Å². The minimum atomic E-state index is -0.529. The van der Waals surface area contributed by atoms with Crippen molar-refractivity contribution in [3.63, 3.8) is 0 Å². The van der Waals surface area contributed by atoms with E-state index in [2.05, 4.69) is 158 Å². The van der Waals surface area contributed by atoms with Crippen molar-refractivity contribution in [1.29, 1.82) is 0 Å². The van der Waals surface area contributed by atoms with E-state index in [9.17, 15) is 0 Å². The van der Waals surface area contributed by atoms with Gasteiger partial charge in [0, 0.05) is 16.7 Å². The molecule has 2 aliphatic rings. The Morgan fingerprint density at radius 2 is 0.939 bits per heavy atom. The first-order valence-electron chi connectivity index (χ1n) is 16.8. The molecule has 0 amide bonds. The molecule has 0 saturated heterocycles. The van der Waals surface area contributed by atoms with Crippen molar-refractivity contribution in [1.82, 2.24) is 9.97 Å². The van der Waals surface area contributed by atoms with E-state index in [1.165, 1.54) is 55.3 Å². The highest BCUT2D eigenvalue weighted by Crippen LogP contribution is 2.59. The summed E-state index contributed by atoms with van der Waals surface area (Å²) < 4.78 is 0. The first-order valence-corrected chi connectivity index (χ1v) is 16.8. The maximum Gasteiger partial charge on any atom is 0.160 e. The molecule has 2 aliphatic carbocycles. The van der Waals surface area contributed by atoms with Gasteiger partial charge in [0.2, 0.25) is 0 Å². The Labute approximate surface area is 285 Å². The van der Waals surface area contributed by atoms with Crippen LogP contribution in [0, 0.1) is 0 Å². The molecule has 0 aliphatic heterocycles. The summed E-state index contributed by atoms with van der Waals surface area (Å²) in [6.45, 7) is 0. The number of nitrogens with zero attached hydrogens (tertiary/aromatic N) is 2. The molecule has 0 radical (unpaired) electrons. The molecule has 10 rings (SSSR count). The predicted octanol–water partition coefficient (Wildman–Crippen LogP) is 11.5. The zero-order valence-electron chi connectivity index (χ0n) is 26.7. The molecule has 0 N–H and O–H groups in total. The Hall–Kier alpha value is -6.38. The second-order valence-corrected chi connectivity index (χ2v) is 13.0. The van der Waals surface area contributed by atoms with Crippen LogP contribution >= 0.6 is 0 Å². The Bertz CT molecular complexity index is 2540. The van der Waals surface area contributed by atoms with Crippen molar-refractivity contribution >= 4 is 22.9 Å². The van der Waals surface area contributed by atoms with Crippen molar-refractivity contribution in [2.24, 2.45) is 0 Å². The average Bonchev–Trinajstić information content (AvgIpc) is 3.37. The maximum absolute atomic E-state index is 5.23. The van der Waals surface area contributed by atoms with E-state index in [0.717, 1.165) is 33.9 Å². The molecule has 1 spiro atoms. The van der Waals surface area contributed by atoms with Gasteiger partial charge in [0.25, 0.3) is 0 Å². The molecule has 1 heterocycles. The van der Waals surface area contributed by atoms with Crippen LogP contribution in [0.1, 0.15) is 33.4 Å². The fourth-order valence-electron chi connectivity index (χ4n) is 8.11. The van der Waals surface area contributed by atoms with E-state index in [0.29, 0.717) is 0 Å². The third-order valence-corrected chi connectivity index (χ3v) is 10.3. The van der Waals surface area contributed by atoms with Gasteiger partial charge in [0.1, 0.15) is 0 Å². The van der Waals surface area contributed by atoms with Gasteiger partial charge < -0.3 is 0 Å². The van der Waals surface area contributed by atoms with Crippen molar-refractivity contribution in [3.05, 3.63) is 203 Å². The van der Waals surface area contributed by atoms with Crippen LogP contribution in [0.5, 0.6) is 0 Å². The van der Waals surface area contributed by atoms with Crippen LogP contribution in [0.4, 0.5) is 0 Å². The third kappa shape index (κ3) is 4.21. The van der Waals surface area contributed by atoms with E-state index >= 15 is 0 Å². The molecule has 7 aromatic carbocycles. The number of hydrogen-bond acceptors (Lipinski definition) is 2. The van der Waals surface area contributed by atoms with Gasteiger partial charge in [-0.3, -0.25) is 0 Å².